The molecule has 0 N–H and O–H groups in total. The first-order valence-electron chi connectivity index (χ1n) is 8.64. The highest BCUT2D eigenvalue weighted by molar-refractivity contribution is 8.00. The van der Waals surface area contributed by atoms with Crippen LogP contribution in [0.15, 0.2) is 46.2 Å². The van der Waals surface area contributed by atoms with Crippen molar-refractivity contribution in [3.05, 3.63) is 52.0 Å². The maximum absolute atomic E-state index is 12.8. The number of amides is 1. The lowest BCUT2D eigenvalue weighted by molar-refractivity contribution is -0.116. The van der Waals surface area contributed by atoms with Crippen LogP contribution in [-0.4, -0.2) is 45.0 Å². The van der Waals surface area contributed by atoms with Crippen LogP contribution < -0.4 is 4.90 Å². The van der Waals surface area contributed by atoms with Crippen LogP contribution in [0.25, 0.3) is 0 Å². The van der Waals surface area contributed by atoms with E-state index in [4.69, 9.17) is 23.2 Å². The summed E-state index contributed by atoms with van der Waals surface area (Å²) in [5.41, 5.74) is 1.64. The molecule has 28 heavy (non-hydrogen) atoms. The summed E-state index contributed by atoms with van der Waals surface area (Å²) in [4.78, 5) is 15.5. The number of benzene rings is 2. The van der Waals surface area contributed by atoms with Crippen molar-refractivity contribution in [3.8, 4) is 0 Å². The maximum atomic E-state index is 12.8. The molecule has 5 nitrogen and oxygen atoms in total. The summed E-state index contributed by atoms with van der Waals surface area (Å²) < 4.78 is 25.9. The van der Waals surface area contributed by atoms with Gasteiger partial charge in [0.2, 0.25) is 15.9 Å². The molecule has 0 saturated heterocycles. The van der Waals surface area contributed by atoms with E-state index in [-0.39, 0.29) is 16.6 Å². The Morgan fingerprint density at radius 1 is 1.18 bits per heavy atom. The molecule has 1 aliphatic rings. The van der Waals surface area contributed by atoms with E-state index in [2.05, 4.69) is 0 Å². The lowest BCUT2D eigenvalue weighted by atomic mass is 10.0. The zero-order chi connectivity index (χ0) is 20.5. The molecule has 1 amide bonds. The van der Waals surface area contributed by atoms with Gasteiger partial charge in [0, 0.05) is 36.2 Å². The third-order valence-corrected chi connectivity index (χ3v) is 8.02. The highest BCUT2D eigenvalue weighted by atomic mass is 35.5. The molecule has 2 aromatic rings. The second kappa shape index (κ2) is 8.63. The topological polar surface area (TPSA) is 57.7 Å². The Morgan fingerprint density at radius 2 is 1.93 bits per heavy atom. The van der Waals surface area contributed by atoms with Crippen molar-refractivity contribution in [1.82, 2.24) is 4.31 Å². The zero-order valence-electron chi connectivity index (χ0n) is 15.5. The second-order valence-electron chi connectivity index (χ2n) is 6.59. The standard InChI is InChI=1S/C19H20Cl2N2O3S2/c1-22(2)28(25,26)15-6-8-17-13(10-15)4-3-9-23(17)19(24)12-27-18-11-14(20)5-7-16(18)21/h5-8,10-11H,3-4,9,12H2,1-2H3. The van der Waals surface area contributed by atoms with E-state index in [9.17, 15) is 13.2 Å². The summed E-state index contributed by atoms with van der Waals surface area (Å²) in [5.74, 6) is 0.169. The van der Waals surface area contributed by atoms with Crippen LogP contribution in [0.3, 0.4) is 0 Å². The van der Waals surface area contributed by atoms with Crippen molar-refractivity contribution >= 4 is 56.6 Å². The van der Waals surface area contributed by atoms with Gasteiger partial charge >= 0.3 is 0 Å². The van der Waals surface area contributed by atoms with E-state index in [1.54, 1.807) is 41.3 Å². The Morgan fingerprint density at radius 3 is 2.64 bits per heavy atom. The van der Waals surface area contributed by atoms with E-state index < -0.39 is 10.0 Å². The lowest BCUT2D eigenvalue weighted by Crippen LogP contribution is -2.36. The molecule has 0 radical (unpaired) electrons. The normalized spacial score (nSPS) is 14.2. The summed E-state index contributed by atoms with van der Waals surface area (Å²) in [6.07, 6.45) is 1.52. The fourth-order valence-corrected chi connectivity index (χ4v) is 5.33. The smallest absolute Gasteiger partial charge is 0.242 e. The Kier molecular flexibility index (Phi) is 6.61. The Hall–Kier alpha value is -1.25. The van der Waals surface area contributed by atoms with Crippen molar-refractivity contribution in [2.45, 2.75) is 22.6 Å². The van der Waals surface area contributed by atoms with Gasteiger partial charge in [-0.1, -0.05) is 23.2 Å². The molecule has 9 heteroatoms. The number of nitrogens with zero attached hydrogens (tertiary/aromatic N) is 2. The first-order valence-corrected chi connectivity index (χ1v) is 11.8. The molecular formula is C19H20Cl2N2O3S2. The highest BCUT2D eigenvalue weighted by Gasteiger charge is 2.25. The number of carbonyl (C=O) groups excluding carboxylic acids is 1. The minimum absolute atomic E-state index is 0.0507. The average Bonchev–Trinajstić information content (AvgIpc) is 2.67. The van der Waals surface area contributed by atoms with Crippen LogP contribution in [0.2, 0.25) is 10.0 Å². The largest absolute Gasteiger partial charge is 0.311 e. The van der Waals surface area contributed by atoms with Crippen molar-refractivity contribution in [3.63, 3.8) is 0 Å². The lowest BCUT2D eigenvalue weighted by Gasteiger charge is -2.30. The van der Waals surface area contributed by atoms with Gasteiger partial charge in [0.15, 0.2) is 0 Å². The second-order valence-corrected chi connectivity index (χ2v) is 10.6. The van der Waals surface area contributed by atoms with Gasteiger partial charge in [-0.05, 0) is 54.8 Å². The fourth-order valence-electron chi connectivity index (χ4n) is 3.01. The van der Waals surface area contributed by atoms with Crippen LogP contribution >= 0.6 is 35.0 Å². The summed E-state index contributed by atoms with van der Waals surface area (Å²) in [6, 6.07) is 10.1. The Labute approximate surface area is 179 Å². The van der Waals surface area contributed by atoms with Gasteiger partial charge in [-0.2, -0.15) is 0 Å². The number of halogens is 2. The molecule has 0 aliphatic carbocycles. The zero-order valence-corrected chi connectivity index (χ0v) is 18.6. The van der Waals surface area contributed by atoms with E-state index >= 15 is 0 Å². The SMILES string of the molecule is CN(C)S(=O)(=O)c1ccc2c(c1)CCCN2C(=O)CSc1cc(Cl)ccc1Cl. The minimum Gasteiger partial charge on any atom is -0.311 e. The number of thioether (sulfide) groups is 1. The van der Waals surface area contributed by atoms with Crippen LogP contribution in [-0.2, 0) is 21.2 Å². The van der Waals surface area contributed by atoms with Gasteiger partial charge in [0.1, 0.15) is 0 Å². The van der Waals surface area contributed by atoms with Gasteiger partial charge in [0.05, 0.1) is 15.7 Å². The monoisotopic (exact) mass is 458 g/mol. The van der Waals surface area contributed by atoms with Crippen molar-refractivity contribution in [2.24, 2.45) is 0 Å². The van der Waals surface area contributed by atoms with E-state index in [1.165, 1.54) is 30.2 Å². The predicted molar refractivity (Wildman–Crippen MR) is 115 cm³/mol. The number of fused-ring (bicyclic) bond motifs is 1. The van der Waals surface area contributed by atoms with Crippen LogP contribution in [0.5, 0.6) is 0 Å². The first-order chi connectivity index (χ1) is 13.2. The predicted octanol–water partition coefficient (Wildman–Crippen LogP) is 4.32. The molecule has 1 aliphatic heterocycles. The van der Waals surface area contributed by atoms with E-state index in [1.807, 2.05) is 0 Å². The highest BCUT2D eigenvalue weighted by Crippen LogP contribution is 2.33. The molecule has 2 aromatic carbocycles. The molecule has 150 valence electrons. The number of hydrogen-bond donors (Lipinski definition) is 0. The fraction of sp³-hybridized carbons (Fsp3) is 0.316. The maximum Gasteiger partial charge on any atom is 0.242 e. The van der Waals surface area contributed by atoms with Gasteiger partial charge < -0.3 is 4.90 Å². The van der Waals surface area contributed by atoms with Crippen molar-refractivity contribution < 1.29 is 13.2 Å². The van der Waals surface area contributed by atoms with Crippen LogP contribution in [0, 0.1) is 0 Å². The third-order valence-electron chi connectivity index (χ3n) is 4.49. The Balaban J connectivity index is 1.80. The first kappa shape index (κ1) is 21.5. The number of anilines is 1. The number of rotatable bonds is 5. The molecule has 1 heterocycles. The molecule has 0 aromatic heterocycles. The average molecular weight is 459 g/mol. The van der Waals surface area contributed by atoms with Crippen LogP contribution in [0.1, 0.15) is 12.0 Å². The van der Waals surface area contributed by atoms with Gasteiger partial charge in [-0.15, -0.1) is 11.8 Å². The van der Waals surface area contributed by atoms with Crippen molar-refractivity contribution in [2.75, 3.05) is 31.3 Å². The van der Waals surface area contributed by atoms with E-state index in [0.717, 1.165) is 29.0 Å². The molecule has 0 spiro atoms. The number of aryl methyl sites for hydroxylation is 1. The number of sulfonamides is 1. The Bertz CT molecular complexity index is 1010. The summed E-state index contributed by atoms with van der Waals surface area (Å²) in [7, 11) is -0.499. The van der Waals surface area contributed by atoms with Gasteiger partial charge in [-0.3, -0.25) is 4.79 Å². The molecule has 0 saturated carbocycles. The molecule has 0 fully saturated rings. The molecular weight excluding hydrogens is 439 g/mol. The summed E-state index contributed by atoms with van der Waals surface area (Å²) >= 11 is 13.5. The number of hydrogen-bond acceptors (Lipinski definition) is 4. The van der Waals surface area contributed by atoms with Crippen LogP contribution in [0.4, 0.5) is 5.69 Å². The molecule has 0 atom stereocenters. The van der Waals surface area contributed by atoms with Gasteiger partial charge in [-0.25, -0.2) is 12.7 Å². The van der Waals surface area contributed by atoms with E-state index in [0.29, 0.717) is 16.6 Å². The van der Waals surface area contributed by atoms with Gasteiger partial charge in [0.25, 0.3) is 0 Å². The quantitative estimate of drug-likeness (QED) is 0.626. The number of carbonyl (C=O) groups is 1. The minimum atomic E-state index is -3.50. The molecule has 0 unspecified atom stereocenters. The molecule has 3 rings (SSSR count). The molecule has 0 bridgehead atoms. The van der Waals surface area contributed by atoms with Crippen molar-refractivity contribution in [1.29, 1.82) is 0 Å². The summed E-state index contributed by atoms with van der Waals surface area (Å²) in [5, 5.41) is 1.12. The summed E-state index contributed by atoms with van der Waals surface area (Å²) in [6.45, 7) is 0.607. The third kappa shape index (κ3) is 4.49.